The first-order valence-corrected chi connectivity index (χ1v) is 10.8. The Balaban J connectivity index is 2.03. The molecule has 8 heteroatoms. The van der Waals surface area contributed by atoms with Crippen LogP contribution in [0.1, 0.15) is 13.8 Å². The van der Waals surface area contributed by atoms with E-state index in [-0.39, 0.29) is 17.3 Å². The van der Waals surface area contributed by atoms with Crippen molar-refractivity contribution in [2.45, 2.75) is 18.7 Å². The second-order valence-electron chi connectivity index (χ2n) is 5.53. The average molecular weight is 487 g/mol. The summed E-state index contributed by atoms with van der Waals surface area (Å²) in [5.74, 6) is -0.205. The Labute approximate surface area is 168 Å². The summed E-state index contributed by atoms with van der Waals surface area (Å²) in [6, 6.07) is 14.0. The number of benzene rings is 2. The largest absolute Gasteiger partial charge is 0.376 e. The molecule has 26 heavy (non-hydrogen) atoms. The fourth-order valence-electron chi connectivity index (χ4n) is 2.43. The van der Waals surface area contributed by atoms with Crippen molar-refractivity contribution in [2.24, 2.45) is 0 Å². The van der Waals surface area contributed by atoms with Gasteiger partial charge in [-0.2, -0.15) is 4.31 Å². The number of rotatable bonds is 8. The Bertz CT molecular complexity index is 867. The fraction of sp³-hybridized carbons (Fsp3) is 0.278. The van der Waals surface area contributed by atoms with Crippen LogP contribution in [0, 0.1) is 3.57 Å². The fourth-order valence-corrected chi connectivity index (χ4v) is 4.48. The van der Waals surface area contributed by atoms with E-state index in [1.807, 2.05) is 24.3 Å². The van der Waals surface area contributed by atoms with Crippen LogP contribution in [0.3, 0.4) is 0 Å². The normalized spacial score (nSPS) is 11.4. The third-order valence-corrected chi connectivity index (χ3v) is 6.46. The van der Waals surface area contributed by atoms with E-state index in [1.165, 1.54) is 4.31 Å². The molecule has 2 aromatic carbocycles. The van der Waals surface area contributed by atoms with Crippen molar-refractivity contribution < 1.29 is 13.2 Å². The Morgan fingerprint density at radius 1 is 1.04 bits per heavy atom. The molecule has 0 fully saturated rings. The topological polar surface area (TPSA) is 78.5 Å². The van der Waals surface area contributed by atoms with E-state index < -0.39 is 10.0 Å². The van der Waals surface area contributed by atoms with Crippen molar-refractivity contribution in [3.63, 3.8) is 0 Å². The van der Waals surface area contributed by atoms with Gasteiger partial charge in [-0.05, 0) is 59.0 Å². The molecule has 140 valence electrons. The smallest absolute Gasteiger partial charge is 0.243 e. The van der Waals surface area contributed by atoms with Crippen LogP contribution in [-0.4, -0.2) is 38.3 Å². The highest BCUT2D eigenvalue weighted by molar-refractivity contribution is 14.1. The number of halogens is 1. The van der Waals surface area contributed by atoms with Gasteiger partial charge in [-0.1, -0.05) is 26.0 Å². The van der Waals surface area contributed by atoms with Crippen LogP contribution in [0.5, 0.6) is 0 Å². The van der Waals surface area contributed by atoms with Crippen LogP contribution >= 0.6 is 22.6 Å². The van der Waals surface area contributed by atoms with Crippen molar-refractivity contribution in [1.82, 2.24) is 4.31 Å². The van der Waals surface area contributed by atoms with Crippen LogP contribution in [0.15, 0.2) is 53.4 Å². The highest BCUT2D eigenvalue weighted by Gasteiger charge is 2.21. The van der Waals surface area contributed by atoms with Gasteiger partial charge in [-0.3, -0.25) is 4.79 Å². The highest BCUT2D eigenvalue weighted by Crippen LogP contribution is 2.19. The zero-order chi connectivity index (χ0) is 19.2. The number of carbonyl (C=O) groups excluding carboxylic acids is 1. The Kier molecular flexibility index (Phi) is 7.42. The molecule has 0 atom stereocenters. The molecule has 0 bridgehead atoms. The van der Waals surface area contributed by atoms with E-state index in [1.54, 1.807) is 38.1 Å². The zero-order valence-electron chi connectivity index (χ0n) is 14.7. The first-order chi connectivity index (χ1) is 12.4. The lowest BCUT2D eigenvalue weighted by Gasteiger charge is -2.19. The summed E-state index contributed by atoms with van der Waals surface area (Å²) in [7, 11) is -3.52. The number of hydrogen-bond donors (Lipinski definition) is 2. The molecule has 2 aromatic rings. The summed E-state index contributed by atoms with van der Waals surface area (Å²) in [6.45, 7) is 4.47. The minimum Gasteiger partial charge on any atom is -0.376 e. The van der Waals surface area contributed by atoms with Crippen molar-refractivity contribution in [2.75, 3.05) is 30.3 Å². The molecule has 6 nitrogen and oxygen atoms in total. The molecule has 0 radical (unpaired) electrons. The maximum atomic E-state index is 12.6. The van der Waals surface area contributed by atoms with Gasteiger partial charge in [0.2, 0.25) is 15.9 Å². The molecule has 2 N–H and O–H groups in total. The quantitative estimate of drug-likeness (QED) is 0.560. The number of sulfonamides is 1. The third-order valence-electron chi connectivity index (χ3n) is 3.74. The molecule has 2 rings (SSSR count). The number of hydrogen-bond acceptors (Lipinski definition) is 4. The van der Waals surface area contributed by atoms with Gasteiger partial charge >= 0.3 is 0 Å². The summed E-state index contributed by atoms with van der Waals surface area (Å²) < 4.78 is 27.6. The van der Waals surface area contributed by atoms with Crippen LogP contribution < -0.4 is 10.6 Å². The molecule has 0 saturated heterocycles. The lowest BCUT2D eigenvalue weighted by molar-refractivity contribution is -0.114. The minimum absolute atomic E-state index is 0.0419. The van der Waals surface area contributed by atoms with E-state index in [0.29, 0.717) is 18.8 Å². The molecule has 0 heterocycles. The standard InChI is InChI=1S/C18H22IN3O3S/c1-3-22(4-2)26(24,25)17-10-6-8-15(12-17)20-13-18(23)21-16-9-5-7-14(19)11-16/h5-12,20H,3-4,13H2,1-2H3,(H,21,23). The van der Waals surface area contributed by atoms with Crippen LogP contribution in [-0.2, 0) is 14.8 Å². The Hall–Kier alpha value is -1.65. The minimum atomic E-state index is -3.52. The molecule has 1 amide bonds. The van der Waals surface area contributed by atoms with Gasteiger partial charge in [0.05, 0.1) is 11.4 Å². The molecule has 0 aromatic heterocycles. The summed E-state index contributed by atoms with van der Waals surface area (Å²) >= 11 is 2.18. The van der Waals surface area contributed by atoms with Crippen molar-refractivity contribution in [3.05, 3.63) is 52.1 Å². The molecule has 0 aliphatic carbocycles. The van der Waals surface area contributed by atoms with E-state index in [0.717, 1.165) is 9.26 Å². The second-order valence-corrected chi connectivity index (χ2v) is 8.71. The Morgan fingerprint density at radius 3 is 2.35 bits per heavy atom. The first-order valence-electron chi connectivity index (χ1n) is 8.26. The maximum Gasteiger partial charge on any atom is 0.243 e. The van der Waals surface area contributed by atoms with E-state index in [9.17, 15) is 13.2 Å². The van der Waals surface area contributed by atoms with E-state index in [2.05, 4.69) is 33.2 Å². The van der Waals surface area contributed by atoms with Gasteiger partial charge in [-0.15, -0.1) is 0 Å². The number of amides is 1. The molecule has 0 unspecified atom stereocenters. The second kappa shape index (κ2) is 9.33. The third kappa shape index (κ3) is 5.42. The van der Waals surface area contributed by atoms with Gasteiger partial charge in [0.15, 0.2) is 0 Å². The average Bonchev–Trinajstić information content (AvgIpc) is 2.61. The summed E-state index contributed by atoms with van der Waals surface area (Å²) in [4.78, 5) is 12.3. The Morgan fingerprint density at radius 2 is 1.69 bits per heavy atom. The number of anilines is 2. The summed E-state index contributed by atoms with van der Waals surface area (Å²) in [5.41, 5.74) is 1.30. The molecule has 0 saturated carbocycles. The van der Waals surface area contributed by atoms with Gasteiger partial charge in [0.1, 0.15) is 0 Å². The SMILES string of the molecule is CCN(CC)S(=O)(=O)c1cccc(NCC(=O)Nc2cccc(I)c2)c1. The van der Waals surface area contributed by atoms with Gasteiger partial charge in [-0.25, -0.2) is 8.42 Å². The van der Waals surface area contributed by atoms with Gasteiger partial charge in [0.25, 0.3) is 0 Å². The number of carbonyl (C=O) groups is 1. The van der Waals surface area contributed by atoms with E-state index >= 15 is 0 Å². The van der Waals surface area contributed by atoms with Gasteiger partial charge < -0.3 is 10.6 Å². The predicted octanol–water partition coefficient (Wildman–Crippen LogP) is 3.37. The molecule has 0 spiro atoms. The van der Waals surface area contributed by atoms with Crippen LogP contribution in [0.25, 0.3) is 0 Å². The monoisotopic (exact) mass is 487 g/mol. The zero-order valence-corrected chi connectivity index (χ0v) is 17.7. The molecule has 0 aliphatic rings. The highest BCUT2D eigenvalue weighted by atomic mass is 127. The predicted molar refractivity (Wildman–Crippen MR) is 113 cm³/mol. The lowest BCUT2D eigenvalue weighted by atomic mass is 10.3. The van der Waals surface area contributed by atoms with E-state index in [4.69, 9.17) is 0 Å². The van der Waals surface area contributed by atoms with Crippen LogP contribution in [0.2, 0.25) is 0 Å². The molecular formula is C18H22IN3O3S. The first kappa shape index (κ1) is 20.7. The molecule has 0 aliphatic heterocycles. The summed E-state index contributed by atoms with van der Waals surface area (Å²) in [6.07, 6.45) is 0. The van der Waals surface area contributed by atoms with Crippen molar-refractivity contribution >= 4 is 49.9 Å². The van der Waals surface area contributed by atoms with Crippen LogP contribution in [0.4, 0.5) is 11.4 Å². The van der Waals surface area contributed by atoms with Gasteiger partial charge in [0, 0.05) is 28.0 Å². The maximum absolute atomic E-state index is 12.6. The van der Waals surface area contributed by atoms with Crippen molar-refractivity contribution in [3.8, 4) is 0 Å². The molecular weight excluding hydrogens is 465 g/mol. The number of nitrogens with one attached hydrogen (secondary N) is 2. The number of nitrogens with zero attached hydrogens (tertiary/aromatic N) is 1. The van der Waals surface area contributed by atoms with Crippen molar-refractivity contribution in [1.29, 1.82) is 0 Å². The lowest BCUT2D eigenvalue weighted by Crippen LogP contribution is -2.30. The summed E-state index contributed by atoms with van der Waals surface area (Å²) in [5, 5.41) is 5.77.